The lowest BCUT2D eigenvalue weighted by molar-refractivity contribution is -0.138. The van der Waals surface area contributed by atoms with Gasteiger partial charge >= 0.3 is 5.97 Å². The molecule has 0 aromatic heterocycles. The van der Waals surface area contributed by atoms with Crippen LogP contribution in [0.25, 0.3) is 0 Å². The average molecular weight is 196 g/mol. The van der Waals surface area contributed by atoms with E-state index in [1.54, 1.807) is 0 Å². The molecule has 4 N–H and O–H groups in total. The van der Waals surface area contributed by atoms with Crippen molar-refractivity contribution in [2.75, 3.05) is 0 Å². The third-order valence-electron chi connectivity index (χ3n) is 1.78. The maximum atomic E-state index is 10.4. The second-order valence-corrected chi connectivity index (χ2v) is 2.92. The number of carboxylic acids is 1. The Hall–Kier alpha value is -1.75. The molecule has 1 aromatic rings. The molecule has 5 heteroatoms. The van der Waals surface area contributed by atoms with Gasteiger partial charge in [-0.1, -0.05) is 6.07 Å². The molecule has 0 bridgehead atoms. The lowest BCUT2D eigenvalue weighted by Gasteiger charge is -2.06. The standard InChI is InChI=1S/C9H10NO4/c10-6(9(13)14)3-5-1-2-7(11)8(12)4-5/h1-2,4,6,10-12H,3H2,(H,13,14). The van der Waals surface area contributed by atoms with E-state index in [2.05, 4.69) is 0 Å². The zero-order valence-corrected chi connectivity index (χ0v) is 7.27. The minimum absolute atomic E-state index is 0.00315. The normalized spacial score (nSPS) is 12.4. The van der Waals surface area contributed by atoms with Crippen LogP contribution in [0.3, 0.4) is 0 Å². The second kappa shape index (κ2) is 3.97. The number of nitrogens with one attached hydrogen (secondary N) is 1. The fourth-order valence-electron chi connectivity index (χ4n) is 1.02. The first-order valence-electron chi connectivity index (χ1n) is 3.95. The molecule has 1 atom stereocenters. The van der Waals surface area contributed by atoms with E-state index < -0.39 is 12.0 Å². The molecule has 0 aliphatic rings. The van der Waals surface area contributed by atoms with Gasteiger partial charge in [-0.15, -0.1) is 0 Å². The SMILES string of the molecule is [NH]C(Cc1ccc(O)c(O)c1)C(=O)O. The fourth-order valence-corrected chi connectivity index (χ4v) is 1.02. The molecule has 1 radical (unpaired) electrons. The number of hydrogen-bond acceptors (Lipinski definition) is 3. The maximum Gasteiger partial charge on any atom is 0.322 e. The van der Waals surface area contributed by atoms with Crippen LogP contribution >= 0.6 is 0 Å². The van der Waals surface area contributed by atoms with Crippen molar-refractivity contribution in [1.29, 1.82) is 0 Å². The molecule has 0 saturated carbocycles. The Morgan fingerprint density at radius 1 is 1.36 bits per heavy atom. The Labute approximate surface area is 80.4 Å². The Balaban J connectivity index is 2.78. The van der Waals surface area contributed by atoms with Crippen LogP contribution in [0.1, 0.15) is 5.56 Å². The molecule has 0 aliphatic heterocycles. The van der Waals surface area contributed by atoms with Crippen molar-refractivity contribution in [3.63, 3.8) is 0 Å². The van der Waals surface area contributed by atoms with E-state index in [-0.39, 0.29) is 17.9 Å². The molecule has 0 spiro atoms. The van der Waals surface area contributed by atoms with Crippen LogP contribution in [-0.2, 0) is 11.2 Å². The topological polar surface area (TPSA) is 102 Å². The van der Waals surface area contributed by atoms with Crippen molar-refractivity contribution in [2.24, 2.45) is 0 Å². The van der Waals surface area contributed by atoms with Gasteiger partial charge < -0.3 is 15.3 Å². The van der Waals surface area contributed by atoms with Crippen LogP contribution in [0, 0.1) is 0 Å². The van der Waals surface area contributed by atoms with Crippen molar-refractivity contribution in [2.45, 2.75) is 12.5 Å². The first-order valence-corrected chi connectivity index (χ1v) is 3.95. The fraction of sp³-hybridized carbons (Fsp3) is 0.222. The van der Waals surface area contributed by atoms with Gasteiger partial charge in [-0.25, -0.2) is 5.73 Å². The van der Waals surface area contributed by atoms with E-state index in [0.29, 0.717) is 5.56 Å². The van der Waals surface area contributed by atoms with Gasteiger partial charge in [-0.2, -0.15) is 0 Å². The quantitative estimate of drug-likeness (QED) is 0.608. The van der Waals surface area contributed by atoms with Crippen LogP contribution in [0.5, 0.6) is 11.5 Å². The van der Waals surface area contributed by atoms with E-state index in [1.165, 1.54) is 18.2 Å². The molecule has 1 aromatic carbocycles. The van der Waals surface area contributed by atoms with Gasteiger partial charge in [-0.3, -0.25) is 4.79 Å². The first-order chi connectivity index (χ1) is 6.50. The smallest absolute Gasteiger partial charge is 0.322 e. The molecule has 0 saturated heterocycles. The van der Waals surface area contributed by atoms with Gasteiger partial charge in [-0.05, 0) is 24.1 Å². The van der Waals surface area contributed by atoms with Crippen molar-refractivity contribution in [3.8, 4) is 11.5 Å². The van der Waals surface area contributed by atoms with Crippen LogP contribution in [0.2, 0.25) is 0 Å². The highest BCUT2D eigenvalue weighted by Crippen LogP contribution is 2.25. The molecule has 0 aliphatic carbocycles. The minimum Gasteiger partial charge on any atom is -0.504 e. The number of rotatable bonds is 3. The summed E-state index contributed by atoms with van der Waals surface area (Å²) in [6.45, 7) is 0. The number of benzene rings is 1. The van der Waals surface area contributed by atoms with E-state index in [1.807, 2.05) is 0 Å². The van der Waals surface area contributed by atoms with Crippen molar-refractivity contribution in [3.05, 3.63) is 23.8 Å². The summed E-state index contributed by atoms with van der Waals surface area (Å²) in [5.74, 6) is -1.77. The number of aromatic hydroxyl groups is 2. The summed E-state index contributed by atoms with van der Waals surface area (Å²) in [5.41, 5.74) is 7.65. The first kappa shape index (κ1) is 10.3. The highest BCUT2D eigenvalue weighted by atomic mass is 16.4. The van der Waals surface area contributed by atoms with Gasteiger partial charge in [0.2, 0.25) is 0 Å². The summed E-state index contributed by atoms with van der Waals surface area (Å²) in [6.07, 6.45) is 0.00315. The predicted molar refractivity (Wildman–Crippen MR) is 48.0 cm³/mol. The van der Waals surface area contributed by atoms with Gasteiger partial charge in [0.25, 0.3) is 0 Å². The largest absolute Gasteiger partial charge is 0.504 e. The number of carbonyl (C=O) groups is 1. The Kier molecular flexibility index (Phi) is 2.93. The minimum atomic E-state index is -1.25. The Bertz CT molecular complexity index is 351. The van der Waals surface area contributed by atoms with Gasteiger partial charge in [0.15, 0.2) is 11.5 Å². The zero-order chi connectivity index (χ0) is 10.7. The molecule has 0 amide bonds. The summed E-state index contributed by atoms with van der Waals surface area (Å²) in [6, 6.07) is 2.73. The highest BCUT2D eigenvalue weighted by molar-refractivity contribution is 5.73. The summed E-state index contributed by atoms with van der Waals surface area (Å²) in [4.78, 5) is 10.4. The van der Waals surface area contributed by atoms with Gasteiger partial charge in [0, 0.05) is 0 Å². The third kappa shape index (κ3) is 2.37. The number of hydrogen-bond donors (Lipinski definition) is 3. The summed E-state index contributed by atoms with van der Waals surface area (Å²) in [5, 5.41) is 26.5. The van der Waals surface area contributed by atoms with Crippen LogP contribution in [-0.4, -0.2) is 27.3 Å². The van der Waals surface area contributed by atoms with Crippen LogP contribution in [0.4, 0.5) is 0 Å². The molecular formula is C9H10NO4. The molecule has 1 unspecified atom stereocenters. The summed E-state index contributed by atoms with van der Waals surface area (Å²) >= 11 is 0. The summed E-state index contributed by atoms with van der Waals surface area (Å²) < 4.78 is 0. The van der Waals surface area contributed by atoms with Crippen molar-refractivity contribution >= 4 is 5.97 Å². The number of carboxylic acid groups (broad SMARTS) is 1. The Morgan fingerprint density at radius 3 is 2.50 bits per heavy atom. The molecule has 14 heavy (non-hydrogen) atoms. The number of phenolic OH excluding ortho intramolecular Hbond substituents is 2. The highest BCUT2D eigenvalue weighted by Gasteiger charge is 2.13. The second-order valence-electron chi connectivity index (χ2n) is 2.92. The summed E-state index contributed by atoms with van der Waals surface area (Å²) in [7, 11) is 0. The lowest BCUT2D eigenvalue weighted by atomic mass is 10.1. The molecular weight excluding hydrogens is 186 g/mol. The van der Waals surface area contributed by atoms with Gasteiger partial charge in [0.1, 0.15) is 6.04 Å². The number of aliphatic carboxylic acids is 1. The van der Waals surface area contributed by atoms with E-state index in [9.17, 15) is 4.79 Å². The maximum absolute atomic E-state index is 10.4. The van der Waals surface area contributed by atoms with Crippen LogP contribution < -0.4 is 5.73 Å². The lowest BCUT2D eigenvalue weighted by Crippen LogP contribution is -2.23. The average Bonchev–Trinajstić information content (AvgIpc) is 2.11. The van der Waals surface area contributed by atoms with Crippen LogP contribution in [0.15, 0.2) is 18.2 Å². The van der Waals surface area contributed by atoms with E-state index in [4.69, 9.17) is 21.1 Å². The van der Waals surface area contributed by atoms with E-state index >= 15 is 0 Å². The molecule has 0 heterocycles. The van der Waals surface area contributed by atoms with E-state index in [0.717, 1.165) is 0 Å². The molecule has 5 nitrogen and oxygen atoms in total. The molecule has 1 rings (SSSR count). The van der Waals surface area contributed by atoms with Crippen molar-refractivity contribution < 1.29 is 20.1 Å². The predicted octanol–water partition coefficient (Wildman–Crippen LogP) is 0.376. The number of phenols is 2. The van der Waals surface area contributed by atoms with Crippen molar-refractivity contribution in [1.82, 2.24) is 5.73 Å². The molecule has 75 valence electrons. The monoisotopic (exact) mass is 196 g/mol. The third-order valence-corrected chi connectivity index (χ3v) is 1.78. The zero-order valence-electron chi connectivity index (χ0n) is 7.27. The Morgan fingerprint density at radius 2 is 2.00 bits per heavy atom. The molecule has 0 fully saturated rings. The van der Waals surface area contributed by atoms with Gasteiger partial charge in [0.05, 0.1) is 0 Å².